The molecular weight excluding hydrogens is 251 g/mol. The van der Waals surface area contributed by atoms with Crippen molar-refractivity contribution in [1.82, 2.24) is 9.97 Å². The molecule has 1 aliphatic rings. The highest BCUT2D eigenvalue weighted by atomic mass is 35.5. The zero-order valence-corrected chi connectivity index (χ0v) is 9.87. The maximum Gasteiger partial charge on any atom is 0.234 e. The first-order valence-electron chi connectivity index (χ1n) is 4.80. The van der Waals surface area contributed by atoms with Crippen molar-refractivity contribution in [2.24, 2.45) is 11.7 Å². The van der Waals surface area contributed by atoms with E-state index >= 15 is 0 Å². The highest BCUT2D eigenvalue weighted by Crippen LogP contribution is 2.24. The van der Waals surface area contributed by atoms with Crippen molar-refractivity contribution in [3.63, 3.8) is 0 Å². The molecule has 1 aromatic rings. The normalized spacial score (nSPS) is 20.6. The third kappa shape index (κ3) is 2.26. The summed E-state index contributed by atoms with van der Waals surface area (Å²) in [7, 11) is 0. The number of rotatable bonds is 2. The van der Waals surface area contributed by atoms with Crippen LogP contribution >= 0.6 is 23.2 Å². The van der Waals surface area contributed by atoms with Gasteiger partial charge in [0.2, 0.25) is 11.9 Å². The van der Waals surface area contributed by atoms with Gasteiger partial charge in [-0.2, -0.15) is 0 Å². The molecule has 86 valence electrons. The molecule has 0 saturated carbocycles. The van der Waals surface area contributed by atoms with Crippen LogP contribution in [0.1, 0.15) is 6.42 Å². The lowest BCUT2D eigenvalue weighted by molar-refractivity contribution is -0.117. The highest BCUT2D eigenvalue weighted by molar-refractivity contribution is 6.33. The van der Waals surface area contributed by atoms with Gasteiger partial charge in [-0.1, -0.05) is 23.2 Å². The molecule has 1 aromatic heterocycles. The topological polar surface area (TPSA) is 72.1 Å². The van der Waals surface area contributed by atoms with Gasteiger partial charge in [-0.25, -0.2) is 9.97 Å². The van der Waals surface area contributed by atoms with E-state index in [9.17, 15) is 4.79 Å². The van der Waals surface area contributed by atoms with Crippen LogP contribution in [0.25, 0.3) is 0 Å². The Morgan fingerprint density at radius 2 is 2.06 bits per heavy atom. The molecule has 1 unspecified atom stereocenters. The van der Waals surface area contributed by atoms with E-state index in [1.807, 2.05) is 0 Å². The largest absolute Gasteiger partial charge is 0.330 e. The number of anilines is 1. The van der Waals surface area contributed by atoms with Crippen LogP contribution in [0.3, 0.4) is 0 Å². The molecule has 1 aliphatic heterocycles. The minimum Gasteiger partial charge on any atom is -0.330 e. The first kappa shape index (κ1) is 11.6. The fourth-order valence-corrected chi connectivity index (χ4v) is 2.05. The van der Waals surface area contributed by atoms with E-state index < -0.39 is 0 Å². The Kier molecular flexibility index (Phi) is 3.28. The summed E-state index contributed by atoms with van der Waals surface area (Å²) in [4.78, 5) is 21.1. The molecular formula is C9H10Cl2N4O. The SMILES string of the molecule is NCC1CC(=O)N(c2nc(Cl)cc(Cl)n2)C1. The van der Waals surface area contributed by atoms with E-state index in [-0.39, 0.29) is 28.1 Å². The van der Waals surface area contributed by atoms with Crippen LogP contribution in [-0.2, 0) is 4.79 Å². The first-order chi connectivity index (χ1) is 7.60. The molecule has 2 N–H and O–H groups in total. The van der Waals surface area contributed by atoms with Gasteiger partial charge >= 0.3 is 0 Å². The van der Waals surface area contributed by atoms with Gasteiger partial charge in [-0.15, -0.1) is 0 Å². The zero-order chi connectivity index (χ0) is 11.7. The van der Waals surface area contributed by atoms with Crippen LogP contribution in [0.15, 0.2) is 6.07 Å². The smallest absolute Gasteiger partial charge is 0.234 e. The highest BCUT2D eigenvalue weighted by Gasteiger charge is 2.31. The summed E-state index contributed by atoms with van der Waals surface area (Å²) in [5, 5.41) is 0.443. The second kappa shape index (κ2) is 4.53. The summed E-state index contributed by atoms with van der Waals surface area (Å²) in [5.74, 6) is 0.348. The number of carbonyl (C=O) groups is 1. The van der Waals surface area contributed by atoms with Gasteiger partial charge in [0.25, 0.3) is 0 Å². The number of amides is 1. The monoisotopic (exact) mass is 260 g/mol. The van der Waals surface area contributed by atoms with Crippen molar-refractivity contribution in [2.75, 3.05) is 18.0 Å². The number of halogens is 2. The van der Waals surface area contributed by atoms with Gasteiger partial charge in [-0.05, 0) is 12.5 Å². The molecule has 1 atom stereocenters. The number of aromatic nitrogens is 2. The molecule has 0 aromatic carbocycles. The molecule has 0 spiro atoms. The lowest BCUT2D eigenvalue weighted by Gasteiger charge is -2.14. The van der Waals surface area contributed by atoms with E-state index in [0.717, 1.165) is 0 Å². The molecule has 0 aliphatic carbocycles. The average Bonchev–Trinajstić information content (AvgIpc) is 2.58. The zero-order valence-electron chi connectivity index (χ0n) is 8.36. The van der Waals surface area contributed by atoms with Crippen molar-refractivity contribution >= 4 is 35.1 Å². The van der Waals surface area contributed by atoms with Gasteiger partial charge in [0.05, 0.1) is 0 Å². The summed E-state index contributed by atoms with van der Waals surface area (Å²) in [6.07, 6.45) is 0.421. The van der Waals surface area contributed by atoms with E-state index in [0.29, 0.717) is 19.5 Å². The quantitative estimate of drug-likeness (QED) is 0.809. The molecule has 5 nitrogen and oxygen atoms in total. The van der Waals surface area contributed by atoms with Crippen LogP contribution < -0.4 is 10.6 Å². The van der Waals surface area contributed by atoms with E-state index in [1.54, 1.807) is 0 Å². The van der Waals surface area contributed by atoms with Gasteiger partial charge in [-0.3, -0.25) is 9.69 Å². The van der Waals surface area contributed by atoms with Crippen molar-refractivity contribution in [2.45, 2.75) is 6.42 Å². The lowest BCUT2D eigenvalue weighted by Crippen LogP contribution is -2.27. The predicted octanol–water partition coefficient (Wildman–Crippen LogP) is 1.10. The average molecular weight is 261 g/mol. The molecule has 0 radical (unpaired) electrons. The number of nitrogens with zero attached hydrogens (tertiary/aromatic N) is 3. The second-order valence-electron chi connectivity index (χ2n) is 3.62. The van der Waals surface area contributed by atoms with Gasteiger partial charge in [0.1, 0.15) is 10.3 Å². The molecule has 2 rings (SSSR count). The maximum absolute atomic E-state index is 11.7. The molecule has 7 heteroatoms. The van der Waals surface area contributed by atoms with Crippen LogP contribution in [0.5, 0.6) is 0 Å². The fraction of sp³-hybridized carbons (Fsp3) is 0.444. The number of hydrogen-bond acceptors (Lipinski definition) is 4. The van der Waals surface area contributed by atoms with Crippen LogP contribution in [0.2, 0.25) is 10.3 Å². The Labute approximate surface area is 103 Å². The fourth-order valence-electron chi connectivity index (χ4n) is 1.63. The molecule has 2 heterocycles. The standard InChI is InChI=1S/C9H10Cl2N4O/c10-6-2-7(11)14-9(13-6)15-4-5(3-12)1-8(15)16/h2,5H,1,3-4,12H2. The van der Waals surface area contributed by atoms with Crippen molar-refractivity contribution in [3.8, 4) is 0 Å². The Bertz CT molecular complexity index is 406. The minimum atomic E-state index is -0.0474. The van der Waals surface area contributed by atoms with Crippen LogP contribution in [-0.4, -0.2) is 29.0 Å². The van der Waals surface area contributed by atoms with Crippen LogP contribution in [0, 0.1) is 5.92 Å². The number of nitrogens with two attached hydrogens (primary N) is 1. The van der Waals surface area contributed by atoms with Crippen molar-refractivity contribution in [3.05, 3.63) is 16.4 Å². The van der Waals surface area contributed by atoms with Crippen molar-refractivity contribution < 1.29 is 4.79 Å². The maximum atomic E-state index is 11.7. The molecule has 0 bridgehead atoms. The van der Waals surface area contributed by atoms with E-state index in [2.05, 4.69) is 9.97 Å². The summed E-state index contributed by atoms with van der Waals surface area (Å²) in [5.41, 5.74) is 5.52. The predicted molar refractivity (Wildman–Crippen MR) is 61.6 cm³/mol. The summed E-state index contributed by atoms with van der Waals surface area (Å²) < 4.78 is 0. The van der Waals surface area contributed by atoms with Gasteiger partial charge < -0.3 is 5.73 Å². The van der Waals surface area contributed by atoms with E-state index in [1.165, 1.54) is 11.0 Å². The third-order valence-electron chi connectivity index (χ3n) is 2.43. The Morgan fingerprint density at radius 1 is 1.44 bits per heavy atom. The number of carbonyl (C=O) groups excluding carboxylic acids is 1. The Balaban J connectivity index is 2.27. The van der Waals surface area contributed by atoms with Crippen molar-refractivity contribution in [1.29, 1.82) is 0 Å². The van der Waals surface area contributed by atoms with Gasteiger partial charge in [0, 0.05) is 19.0 Å². The number of hydrogen-bond donors (Lipinski definition) is 1. The lowest BCUT2D eigenvalue weighted by atomic mass is 10.1. The molecule has 1 fully saturated rings. The first-order valence-corrected chi connectivity index (χ1v) is 5.56. The third-order valence-corrected chi connectivity index (χ3v) is 2.82. The Morgan fingerprint density at radius 3 is 2.56 bits per heavy atom. The molecule has 16 heavy (non-hydrogen) atoms. The van der Waals surface area contributed by atoms with Gasteiger partial charge in [0.15, 0.2) is 0 Å². The summed E-state index contributed by atoms with van der Waals surface area (Å²) in [6, 6.07) is 1.42. The summed E-state index contributed by atoms with van der Waals surface area (Å²) in [6.45, 7) is 0.989. The van der Waals surface area contributed by atoms with E-state index in [4.69, 9.17) is 28.9 Å². The minimum absolute atomic E-state index is 0.0474. The second-order valence-corrected chi connectivity index (χ2v) is 4.40. The molecule has 1 amide bonds. The Hall–Kier alpha value is -0.910. The summed E-state index contributed by atoms with van der Waals surface area (Å²) >= 11 is 11.5. The van der Waals surface area contributed by atoms with Crippen LogP contribution in [0.4, 0.5) is 5.95 Å². The molecule has 1 saturated heterocycles.